The van der Waals surface area contributed by atoms with Crippen LogP contribution in [0.3, 0.4) is 0 Å². The van der Waals surface area contributed by atoms with Crippen LogP contribution in [0.5, 0.6) is 5.75 Å². The number of aryl methyl sites for hydroxylation is 1. The first kappa shape index (κ1) is 11.3. The van der Waals surface area contributed by atoms with Crippen molar-refractivity contribution in [2.75, 3.05) is 7.11 Å². The molecule has 0 unspecified atom stereocenters. The molecule has 8 nitrogen and oxygen atoms in total. The summed E-state index contributed by atoms with van der Waals surface area (Å²) >= 11 is 0. The minimum Gasteiger partial charge on any atom is -0.494 e. The number of nitrogens with zero attached hydrogens (tertiary/aromatic N) is 6. The number of aromatic nitrogens is 6. The van der Waals surface area contributed by atoms with Crippen molar-refractivity contribution < 1.29 is 9.26 Å². The second-order valence-electron chi connectivity index (χ2n) is 3.79. The summed E-state index contributed by atoms with van der Waals surface area (Å²) in [6.45, 7) is 1.76. The fourth-order valence-electron chi connectivity index (χ4n) is 1.69. The molecule has 0 aliphatic rings. The molecular formula is C11H10N6O2. The summed E-state index contributed by atoms with van der Waals surface area (Å²) in [5, 5.41) is 14.8. The van der Waals surface area contributed by atoms with Gasteiger partial charge in [-0.25, -0.2) is 0 Å². The normalized spacial score (nSPS) is 10.6. The summed E-state index contributed by atoms with van der Waals surface area (Å²) in [6.07, 6.45) is 1.49. The number of rotatable bonds is 3. The monoisotopic (exact) mass is 258 g/mol. The first-order valence-corrected chi connectivity index (χ1v) is 5.50. The Labute approximate surface area is 108 Å². The van der Waals surface area contributed by atoms with Gasteiger partial charge in [-0.2, -0.15) is 9.67 Å². The van der Waals surface area contributed by atoms with Gasteiger partial charge in [-0.1, -0.05) is 5.16 Å². The Morgan fingerprint density at radius 2 is 2.21 bits per heavy atom. The highest BCUT2D eigenvalue weighted by Crippen LogP contribution is 2.27. The second kappa shape index (κ2) is 4.48. The van der Waals surface area contributed by atoms with Crippen LogP contribution in [0.15, 0.2) is 29.0 Å². The van der Waals surface area contributed by atoms with E-state index in [4.69, 9.17) is 9.26 Å². The van der Waals surface area contributed by atoms with E-state index in [-0.39, 0.29) is 0 Å². The van der Waals surface area contributed by atoms with Gasteiger partial charge in [0, 0.05) is 5.56 Å². The van der Waals surface area contributed by atoms with Gasteiger partial charge in [0.2, 0.25) is 0 Å². The molecule has 0 N–H and O–H groups in total. The molecule has 0 aliphatic carbocycles. The van der Waals surface area contributed by atoms with Crippen LogP contribution in [-0.2, 0) is 0 Å². The molecule has 0 bridgehead atoms. The van der Waals surface area contributed by atoms with Gasteiger partial charge < -0.3 is 9.26 Å². The maximum absolute atomic E-state index is 5.28. The Morgan fingerprint density at radius 1 is 1.32 bits per heavy atom. The van der Waals surface area contributed by atoms with Gasteiger partial charge in [0.25, 0.3) is 5.89 Å². The fourth-order valence-corrected chi connectivity index (χ4v) is 1.69. The number of tetrazole rings is 1. The number of hydrogen-bond acceptors (Lipinski definition) is 7. The molecule has 19 heavy (non-hydrogen) atoms. The highest BCUT2D eigenvalue weighted by Gasteiger charge is 2.12. The van der Waals surface area contributed by atoms with Gasteiger partial charge in [-0.05, 0) is 35.5 Å². The molecule has 2 heterocycles. The molecule has 3 aromatic rings. The molecule has 0 amide bonds. The van der Waals surface area contributed by atoms with E-state index in [1.165, 1.54) is 11.0 Å². The Hall–Kier alpha value is -2.77. The van der Waals surface area contributed by atoms with Crippen molar-refractivity contribution in [3.63, 3.8) is 0 Å². The van der Waals surface area contributed by atoms with Gasteiger partial charge in [0.1, 0.15) is 17.8 Å². The predicted octanol–water partition coefficient (Wildman–Crippen LogP) is 1.03. The molecule has 0 fully saturated rings. The van der Waals surface area contributed by atoms with E-state index in [9.17, 15) is 0 Å². The Morgan fingerprint density at radius 3 is 2.84 bits per heavy atom. The number of ether oxygens (including phenoxy) is 1. The SMILES string of the molecule is COc1ccc(-c2nc(C)no2)cc1-n1cnnn1. The van der Waals surface area contributed by atoms with Gasteiger partial charge in [0.15, 0.2) is 5.82 Å². The van der Waals surface area contributed by atoms with Gasteiger partial charge in [0.05, 0.1) is 7.11 Å². The van der Waals surface area contributed by atoms with Crippen LogP contribution in [0, 0.1) is 6.92 Å². The standard InChI is InChI=1S/C11H10N6O2/c1-7-13-11(19-14-7)8-3-4-10(18-2)9(5-8)17-6-12-15-16-17/h3-6H,1-2H3. The van der Waals surface area contributed by atoms with E-state index >= 15 is 0 Å². The lowest BCUT2D eigenvalue weighted by Crippen LogP contribution is -1.99. The largest absolute Gasteiger partial charge is 0.494 e. The average Bonchev–Trinajstić information content (AvgIpc) is 3.09. The number of hydrogen-bond donors (Lipinski definition) is 0. The second-order valence-corrected chi connectivity index (χ2v) is 3.79. The lowest BCUT2D eigenvalue weighted by atomic mass is 10.2. The van der Waals surface area contributed by atoms with Crippen molar-refractivity contribution >= 4 is 0 Å². The van der Waals surface area contributed by atoms with Crippen molar-refractivity contribution in [2.45, 2.75) is 6.92 Å². The molecular weight excluding hydrogens is 248 g/mol. The molecule has 8 heteroatoms. The maximum atomic E-state index is 5.28. The van der Waals surface area contributed by atoms with Crippen LogP contribution in [0.1, 0.15) is 5.82 Å². The van der Waals surface area contributed by atoms with Gasteiger partial charge in [-0.3, -0.25) is 0 Å². The molecule has 0 saturated heterocycles. The number of methoxy groups -OCH3 is 1. The summed E-state index contributed by atoms with van der Waals surface area (Å²) in [5.41, 5.74) is 1.47. The topological polar surface area (TPSA) is 91.8 Å². The summed E-state index contributed by atoms with van der Waals surface area (Å²) in [7, 11) is 1.58. The molecule has 2 aromatic heterocycles. The van der Waals surface area contributed by atoms with Crippen LogP contribution in [-0.4, -0.2) is 37.5 Å². The van der Waals surface area contributed by atoms with Gasteiger partial charge >= 0.3 is 0 Å². The minimum absolute atomic E-state index is 0.439. The summed E-state index contributed by atoms with van der Waals surface area (Å²) < 4.78 is 11.9. The van der Waals surface area contributed by atoms with Crippen molar-refractivity contribution in [1.29, 1.82) is 0 Å². The molecule has 0 spiro atoms. The third-order valence-electron chi connectivity index (χ3n) is 2.55. The zero-order valence-electron chi connectivity index (χ0n) is 10.3. The smallest absolute Gasteiger partial charge is 0.257 e. The van der Waals surface area contributed by atoms with E-state index in [1.54, 1.807) is 20.1 Å². The van der Waals surface area contributed by atoms with E-state index in [2.05, 4.69) is 25.7 Å². The van der Waals surface area contributed by atoms with E-state index in [1.807, 2.05) is 12.1 Å². The molecule has 0 radical (unpaired) electrons. The summed E-state index contributed by atoms with van der Waals surface area (Å²) in [4.78, 5) is 4.18. The lowest BCUT2D eigenvalue weighted by Gasteiger charge is -2.07. The highest BCUT2D eigenvalue weighted by molar-refractivity contribution is 5.62. The zero-order valence-corrected chi connectivity index (χ0v) is 10.3. The van der Waals surface area contributed by atoms with E-state index < -0.39 is 0 Å². The van der Waals surface area contributed by atoms with Crippen molar-refractivity contribution in [3.8, 4) is 22.9 Å². The summed E-state index contributed by atoms with van der Waals surface area (Å²) in [5.74, 6) is 1.66. The minimum atomic E-state index is 0.439. The van der Waals surface area contributed by atoms with Crippen molar-refractivity contribution in [2.24, 2.45) is 0 Å². The van der Waals surface area contributed by atoms with Crippen LogP contribution < -0.4 is 4.74 Å². The Balaban J connectivity index is 2.12. The van der Waals surface area contributed by atoms with E-state index in [0.29, 0.717) is 23.2 Å². The third-order valence-corrected chi connectivity index (χ3v) is 2.55. The van der Waals surface area contributed by atoms with Gasteiger partial charge in [-0.15, -0.1) is 5.10 Å². The molecule has 0 saturated carbocycles. The average molecular weight is 258 g/mol. The van der Waals surface area contributed by atoms with Crippen LogP contribution >= 0.6 is 0 Å². The molecule has 96 valence electrons. The number of benzene rings is 1. The first-order chi connectivity index (χ1) is 9.28. The quantitative estimate of drug-likeness (QED) is 0.692. The zero-order chi connectivity index (χ0) is 13.2. The Kier molecular flexibility index (Phi) is 2.67. The lowest BCUT2D eigenvalue weighted by molar-refractivity contribution is 0.411. The van der Waals surface area contributed by atoms with Crippen molar-refractivity contribution in [1.82, 2.24) is 30.3 Å². The van der Waals surface area contributed by atoms with Crippen LogP contribution in [0.2, 0.25) is 0 Å². The van der Waals surface area contributed by atoms with E-state index in [0.717, 1.165) is 5.56 Å². The molecule has 1 aromatic carbocycles. The fraction of sp³-hybridized carbons (Fsp3) is 0.182. The third kappa shape index (κ3) is 2.03. The Bertz CT molecular complexity index is 691. The molecule has 0 atom stereocenters. The highest BCUT2D eigenvalue weighted by atomic mass is 16.5. The first-order valence-electron chi connectivity index (χ1n) is 5.50. The maximum Gasteiger partial charge on any atom is 0.257 e. The van der Waals surface area contributed by atoms with Crippen LogP contribution in [0.4, 0.5) is 0 Å². The predicted molar refractivity (Wildman–Crippen MR) is 63.7 cm³/mol. The summed E-state index contributed by atoms with van der Waals surface area (Å²) in [6, 6.07) is 5.45. The molecule has 0 aliphatic heterocycles. The van der Waals surface area contributed by atoms with Crippen LogP contribution in [0.25, 0.3) is 17.1 Å². The van der Waals surface area contributed by atoms with Crippen molar-refractivity contribution in [3.05, 3.63) is 30.4 Å². The molecule has 3 rings (SSSR count).